The molecule has 0 N–H and O–H groups in total. The smallest absolute Gasteiger partial charge is 0.282 e. The second-order valence-corrected chi connectivity index (χ2v) is 9.94. The second kappa shape index (κ2) is 9.65. The number of hydrogen-bond acceptors (Lipinski definition) is 4. The van der Waals surface area contributed by atoms with Crippen molar-refractivity contribution in [3.8, 4) is 0 Å². The lowest BCUT2D eigenvalue weighted by atomic mass is 10.0. The van der Waals surface area contributed by atoms with E-state index in [1.807, 2.05) is 0 Å². The van der Waals surface area contributed by atoms with Gasteiger partial charge in [-0.15, -0.1) is 0 Å². The zero-order valence-corrected chi connectivity index (χ0v) is 17.1. The molecular formula is C18H36N2O4S. The fourth-order valence-corrected chi connectivity index (χ4v) is 5.26. The summed E-state index contributed by atoms with van der Waals surface area (Å²) in [6.07, 6.45) is 4.10. The minimum Gasteiger partial charge on any atom is -0.349 e. The van der Waals surface area contributed by atoms with Gasteiger partial charge in [0.05, 0.1) is 19.3 Å². The van der Waals surface area contributed by atoms with Gasteiger partial charge >= 0.3 is 0 Å². The first-order valence-electron chi connectivity index (χ1n) is 9.82. The number of rotatable bonds is 9. The van der Waals surface area contributed by atoms with Crippen LogP contribution in [0.3, 0.4) is 0 Å². The Bertz CT molecular complexity index is 477. The van der Waals surface area contributed by atoms with Crippen molar-refractivity contribution in [3.05, 3.63) is 0 Å². The standard InChI is InChI=1S/C18H36N2O4S/c1-15(2)8-11-19(12-9-16(3)4)25(21,22)20-10-6-5-7-17(20)18-23-13-14-24-18/h15-18H,5-14H2,1-4H3. The van der Waals surface area contributed by atoms with Crippen molar-refractivity contribution >= 4 is 10.2 Å². The van der Waals surface area contributed by atoms with Crippen molar-refractivity contribution in [1.82, 2.24) is 8.61 Å². The molecule has 2 rings (SSSR count). The maximum atomic E-state index is 13.4. The van der Waals surface area contributed by atoms with Crippen LogP contribution in [-0.4, -0.2) is 62.2 Å². The highest BCUT2D eigenvalue weighted by Gasteiger charge is 2.42. The molecule has 0 bridgehead atoms. The highest BCUT2D eigenvalue weighted by atomic mass is 32.2. The van der Waals surface area contributed by atoms with Crippen LogP contribution < -0.4 is 0 Å². The Hall–Kier alpha value is -0.210. The highest BCUT2D eigenvalue weighted by Crippen LogP contribution is 2.28. The molecular weight excluding hydrogens is 340 g/mol. The molecule has 0 saturated carbocycles. The molecule has 25 heavy (non-hydrogen) atoms. The summed E-state index contributed by atoms with van der Waals surface area (Å²) in [6.45, 7) is 11.4. The average molecular weight is 377 g/mol. The van der Waals surface area contributed by atoms with Crippen molar-refractivity contribution in [3.63, 3.8) is 0 Å². The molecule has 2 aliphatic heterocycles. The van der Waals surface area contributed by atoms with Crippen molar-refractivity contribution in [1.29, 1.82) is 0 Å². The molecule has 148 valence electrons. The van der Waals surface area contributed by atoms with Gasteiger partial charge < -0.3 is 9.47 Å². The van der Waals surface area contributed by atoms with Gasteiger partial charge in [0.1, 0.15) is 0 Å². The molecule has 2 heterocycles. The first-order chi connectivity index (χ1) is 11.8. The maximum Gasteiger partial charge on any atom is 0.282 e. The molecule has 0 amide bonds. The van der Waals surface area contributed by atoms with Crippen LogP contribution in [0.5, 0.6) is 0 Å². The van der Waals surface area contributed by atoms with Gasteiger partial charge in [-0.05, 0) is 37.5 Å². The zero-order valence-electron chi connectivity index (χ0n) is 16.3. The topological polar surface area (TPSA) is 59.1 Å². The van der Waals surface area contributed by atoms with Gasteiger partial charge in [-0.3, -0.25) is 0 Å². The maximum absolute atomic E-state index is 13.4. The molecule has 2 saturated heterocycles. The largest absolute Gasteiger partial charge is 0.349 e. The lowest BCUT2D eigenvalue weighted by Gasteiger charge is -2.39. The summed E-state index contributed by atoms with van der Waals surface area (Å²) in [7, 11) is -3.50. The van der Waals surface area contributed by atoms with E-state index in [-0.39, 0.29) is 6.04 Å². The van der Waals surface area contributed by atoms with E-state index in [0.29, 0.717) is 44.7 Å². The fraction of sp³-hybridized carbons (Fsp3) is 1.00. The molecule has 1 unspecified atom stereocenters. The van der Waals surface area contributed by atoms with E-state index in [1.54, 1.807) is 8.61 Å². The van der Waals surface area contributed by atoms with E-state index >= 15 is 0 Å². The van der Waals surface area contributed by atoms with E-state index in [9.17, 15) is 8.42 Å². The van der Waals surface area contributed by atoms with Crippen molar-refractivity contribution in [2.24, 2.45) is 11.8 Å². The van der Waals surface area contributed by atoms with Crippen molar-refractivity contribution in [2.45, 2.75) is 72.1 Å². The van der Waals surface area contributed by atoms with Crippen molar-refractivity contribution < 1.29 is 17.9 Å². The third-order valence-corrected chi connectivity index (χ3v) is 7.06. The molecule has 0 aromatic heterocycles. The van der Waals surface area contributed by atoms with E-state index in [1.165, 1.54) is 0 Å². The summed E-state index contributed by atoms with van der Waals surface area (Å²) >= 11 is 0. The first-order valence-corrected chi connectivity index (χ1v) is 11.2. The molecule has 0 spiro atoms. The quantitative estimate of drug-likeness (QED) is 0.621. The summed E-state index contributed by atoms with van der Waals surface area (Å²) < 4.78 is 41.5. The molecule has 2 aliphatic rings. The Kier molecular flexibility index (Phi) is 8.14. The predicted octanol–water partition coefficient (Wildman–Crippen LogP) is 2.85. The number of nitrogens with zero attached hydrogens (tertiary/aromatic N) is 2. The van der Waals surface area contributed by atoms with Crippen LogP contribution in [0.4, 0.5) is 0 Å². The van der Waals surface area contributed by atoms with E-state index in [0.717, 1.165) is 32.1 Å². The molecule has 0 aromatic rings. The summed E-state index contributed by atoms with van der Waals surface area (Å²) in [5.41, 5.74) is 0. The van der Waals surface area contributed by atoms with Gasteiger partial charge in [-0.25, -0.2) is 0 Å². The molecule has 6 nitrogen and oxygen atoms in total. The van der Waals surface area contributed by atoms with Gasteiger partial charge in [0.15, 0.2) is 6.29 Å². The summed E-state index contributed by atoms with van der Waals surface area (Å²) in [5, 5.41) is 0. The normalized spacial score (nSPS) is 24.0. The minimum atomic E-state index is -3.50. The zero-order chi connectivity index (χ0) is 18.4. The van der Waals surface area contributed by atoms with Crippen LogP contribution in [0.1, 0.15) is 59.8 Å². The second-order valence-electron chi connectivity index (χ2n) is 8.06. The fourth-order valence-electron chi connectivity index (χ4n) is 3.38. The van der Waals surface area contributed by atoms with Crippen LogP contribution in [-0.2, 0) is 19.7 Å². The van der Waals surface area contributed by atoms with Crippen LogP contribution >= 0.6 is 0 Å². The molecule has 2 fully saturated rings. The molecule has 0 radical (unpaired) electrons. The Labute approximate surface area is 154 Å². The van der Waals surface area contributed by atoms with Crippen LogP contribution in [0.2, 0.25) is 0 Å². The van der Waals surface area contributed by atoms with Gasteiger partial charge in [-0.2, -0.15) is 17.0 Å². The van der Waals surface area contributed by atoms with Gasteiger partial charge in [0.25, 0.3) is 10.2 Å². The SMILES string of the molecule is CC(C)CCN(CCC(C)C)S(=O)(=O)N1CCCCC1C1OCCO1. The average Bonchev–Trinajstić information content (AvgIpc) is 3.08. The summed E-state index contributed by atoms with van der Waals surface area (Å²) in [5.74, 6) is 0.964. The van der Waals surface area contributed by atoms with E-state index < -0.39 is 16.5 Å². The Balaban J connectivity index is 2.15. The lowest BCUT2D eigenvalue weighted by molar-refractivity contribution is -0.0922. The Morgan fingerprint density at radius 2 is 1.56 bits per heavy atom. The van der Waals surface area contributed by atoms with Gasteiger partial charge in [-0.1, -0.05) is 34.1 Å². The van der Waals surface area contributed by atoms with Crippen LogP contribution in [0.25, 0.3) is 0 Å². The van der Waals surface area contributed by atoms with Crippen LogP contribution in [0, 0.1) is 11.8 Å². The molecule has 0 aliphatic carbocycles. The number of ether oxygens (including phenoxy) is 2. The highest BCUT2D eigenvalue weighted by molar-refractivity contribution is 7.86. The first kappa shape index (κ1) is 21.1. The minimum absolute atomic E-state index is 0.193. The molecule has 0 aromatic carbocycles. The summed E-state index contributed by atoms with van der Waals surface area (Å²) in [6, 6.07) is -0.193. The molecule has 7 heteroatoms. The van der Waals surface area contributed by atoms with Crippen molar-refractivity contribution in [2.75, 3.05) is 32.8 Å². The summed E-state index contributed by atoms with van der Waals surface area (Å²) in [4.78, 5) is 0. The Morgan fingerprint density at radius 1 is 1.00 bits per heavy atom. The monoisotopic (exact) mass is 376 g/mol. The van der Waals surface area contributed by atoms with Crippen LogP contribution in [0.15, 0.2) is 0 Å². The van der Waals surface area contributed by atoms with E-state index in [4.69, 9.17) is 9.47 Å². The lowest BCUT2D eigenvalue weighted by Crippen LogP contribution is -2.55. The Morgan fingerprint density at radius 3 is 2.08 bits per heavy atom. The van der Waals surface area contributed by atoms with Gasteiger partial charge in [0, 0.05) is 19.6 Å². The van der Waals surface area contributed by atoms with Gasteiger partial charge in [0.2, 0.25) is 0 Å². The third-order valence-electron chi connectivity index (χ3n) is 4.99. The number of hydrogen-bond donors (Lipinski definition) is 0. The molecule has 1 atom stereocenters. The number of piperidine rings is 1. The third kappa shape index (κ3) is 5.89. The van der Waals surface area contributed by atoms with E-state index in [2.05, 4.69) is 27.7 Å². The predicted molar refractivity (Wildman–Crippen MR) is 99.4 cm³/mol.